The third-order valence-corrected chi connectivity index (χ3v) is 6.73. The van der Waals surface area contributed by atoms with E-state index in [1.165, 1.54) is 11.2 Å². The molecule has 1 N–H and O–H groups in total. The zero-order valence-corrected chi connectivity index (χ0v) is 20.8. The van der Waals surface area contributed by atoms with Crippen molar-refractivity contribution in [2.24, 2.45) is 0 Å². The summed E-state index contributed by atoms with van der Waals surface area (Å²) in [5, 5.41) is 11.2. The number of hydrogen-bond donors (Lipinski definition) is 1. The quantitative estimate of drug-likeness (QED) is 0.284. The highest BCUT2D eigenvalue weighted by Crippen LogP contribution is 2.39. The molecular weight excluding hydrogens is 472 g/mol. The van der Waals surface area contributed by atoms with E-state index in [0.29, 0.717) is 50.0 Å². The van der Waals surface area contributed by atoms with Gasteiger partial charge in [0.05, 0.1) is 25.1 Å². The Labute approximate surface area is 215 Å². The maximum atomic E-state index is 13.1. The Hall–Kier alpha value is -3.88. The Balaban J connectivity index is 1.37. The van der Waals surface area contributed by atoms with Crippen LogP contribution in [0, 0.1) is 6.92 Å². The number of rotatable bonds is 8. The number of likely N-dealkylation sites (tertiary alicyclic amines) is 1. The van der Waals surface area contributed by atoms with Crippen molar-refractivity contribution in [3.8, 4) is 5.75 Å². The Morgan fingerprint density at radius 3 is 2.51 bits per heavy atom. The van der Waals surface area contributed by atoms with Crippen LogP contribution in [-0.2, 0) is 20.9 Å². The Morgan fingerprint density at radius 1 is 1.03 bits per heavy atom. The molecule has 37 heavy (non-hydrogen) atoms. The summed E-state index contributed by atoms with van der Waals surface area (Å²) in [5.74, 6) is -0.540. The summed E-state index contributed by atoms with van der Waals surface area (Å²) >= 11 is 0. The lowest BCUT2D eigenvalue weighted by molar-refractivity contribution is -0.140. The van der Waals surface area contributed by atoms with Gasteiger partial charge in [0, 0.05) is 31.7 Å². The first-order valence-electron chi connectivity index (χ1n) is 12.4. The molecule has 0 saturated carbocycles. The normalized spacial score (nSPS) is 19.9. The number of nitrogens with zero attached hydrogens (tertiary/aromatic N) is 2. The van der Waals surface area contributed by atoms with Crippen molar-refractivity contribution in [1.29, 1.82) is 0 Å². The van der Waals surface area contributed by atoms with Crippen LogP contribution in [0.4, 0.5) is 0 Å². The summed E-state index contributed by atoms with van der Waals surface area (Å²) in [6, 6.07) is 17.5. The molecule has 0 aliphatic carbocycles. The van der Waals surface area contributed by atoms with Crippen LogP contribution in [0.2, 0.25) is 0 Å². The van der Waals surface area contributed by atoms with Crippen molar-refractivity contribution in [1.82, 2.24) is 9.80 Å². The van der Waals surface area contributed by atoms with Crippen LogP contribution in [0.5, 0.6) is 5.75 Å². The smallest absolute Gasteiger partial charge is 0.295 e. The van der Waals surface area contributed by atoms with Gasteiger partial charge in [0.2, 0.25) is 0 Å². The van der Waals surface area contributed by atoms with Crippen molar-refractivity contribution in [3.63, 3.8) is 0 Å². The van der Waals surface area contributed by atoms with Gasteiger partial charge in [-0.3, -0.25) is 14.5 Å². The van der Waals surface area contributed by atoms with E-state index >= 15 is 0 Å². The third kappa shape index (κ3) is 5.45. The van der Waals surface area contributed by atoms with Crippen LogP contribution in [0.3, 0.4) is 0 Å². The van der Waals surface area contributed by atoms with Crippen molar-refractivity contribution in [2.75, 3.05) is 39.4 Å². The number of carbonyl (C=O) groups is 2. The van der Waals surface area contributed by atoms with Crippen LogP contribution in [-0.4, -0.2) is 66.0 Å². The highest BCUT2D eigenvalue weighted by molar-refractivity contribution is 6.46. The molecular formula is C29H30N2O6. The van der Waals surface area contributed by atoms with Gasteiger partial charge in [-0.25, -0.2) is 0 Å². The molecule has 2 aliphatic heterocycles. The number of aliphatic hydroxyl groups is 1. The average molecular weight is 503 g/mol. The fraction of sp³-hybridized carbons (Fsp3) is 0.310. The first-order chi connectivity index (χ1) is 18.0. The second-order valence-corrected chi connectivity index (χ2v) is 9.26. The predicted molar refractivity (Wildman–Crippen MR) is 137 cm³/mol. The molecule has 2 saturated heterocycles. The number of ether oxygens (including phenoxy) is 2. The highest BCUT2D eigenvalue weighted by atomic mass is 16.5. The van der Waals surface area contributed by atoms with Gasteiger partial charge < -0.3 is 23.9 Å². The number of amides is 1. The van der Waals surface area contributed by atoms with Gasteiger partial charge in [-0.1, -0.05) is 29.8 Å². The fourth-order valence-electron chi connectivity index (χ4n) is 4.76. The van der Waals surface area contributed by atoms with Gasteiger partial charge in [0.25, 0.3) is 11.7 Å². The van der Waals surface area contributed by atoms with Crippen LogP contribution in [0.25, 0.3) is 5.76 Å². The van der Waals surface area contributed by atoms with E-state index in [1.54, 1.807) is 36.4 Å². The zero-order chi connectivity index (χ0) is 25.8. The van der Waals surface area contributed by atoms with E-state index in [2.05, 4.69) is 11.0 Å². The molecule has 1 amide bonds. The van der Waals surface area contributed by atoms with E-state index in [-0.39, 0.29) is 11.3 Å². The molecule has 5 rings (SSSR count). The molecule has 1 aromatic heterocycles. The lowest BCUT2D eigenvalue weighted by Crippen LogP contribution is -2.42. The summed E-state index contributed by atoms with van der Waals surface area (Å²) in [6.45, 7) is 6.21. The number of ketones is 1. The maximum absolute atomic E-state index is 13.1. The summed E-state index contributed by atoms with van der Waals surface area (Å²) in [4.78, 5) is 29.9. The number of hydrogen-bond acceptors (Lipinski definition) is 7. The van der Waals surface area contributed by atoms with E-state index in [9.17, 15) is 14.7 Å². The van der Waals surface area contributed by atoms with Crippen molar-refractivity contribution in [2.45, 2.75) is 19.6 Å². The first-order valence-corrected chi connectivity index (χ1v) is 12.4. The van der Waals surface area contributed by atoms with E-state index < -0.39 is 17.7 Å². The van der Waals surface area contributed by atoms with E-state index in [1.807, 2.05) is 25.1 Å². The average Bonchev–Trinajstić information content (AvgIpc) is 3.54. The van der Waals surface area contributed by atoms with Crippen LogP contribution >= 0.6 is 0 Å². The van der Waals surface area contributed by atoms with Crippen molar-refractivity contribution < 1.29 is 28.6 Å². The first kappa shape index (κ1) is 24.8. The maximum Gasteiger partial charge on any atom is 0.295 e. The minimum Gasteiger partial charge on any atom is -0.507 e. The third-order valence-electron chi connectivity index (χ3n) is 6.73. The molecule has 3 aromatic rings. The molecule has 8 heteroatoms. The summed E-state index contributed by atoms with van der Waals surface area (Å²) in [7, 11) is 0. The van der Waals surface area contributed by atoms with Gasteiger partial charge in [-0.2, -0.15) is 0 Å². The lowest BCUT2D eigenvalue weighted by atomic mass is 9.99. The topological polar surface area (TPSA) is 92.5 Å². The number of carbonyl (C=O) groups excluding carboxylic acids is 2. The molecule has 1 atom stereocenters. The minimum absolute atomic E-state index is 0.0235. The largest absolute Gasteiger partial charge is 0.507 e. The highest BCUT2D eigenvalue weighted by Gasteiger charge is 2.47. The summed E-state index contributed by atoms with van der Waals surface area (Å²) in [5.41, 5.74) is 2.66. The van der Waals surface area contributed by atoms with Crippen molar-refractivity contribution >= 4 is 17.4 Å². The van der Waals surface area contributed by atoms with E-state index in [4.69, 9.17) is 13.9 Å². The molecule has 8 nitrogen and oxygen atoms in total. The predicted octanol–water partition coefficient (Wildman–Crippen LogP) is 3.92. The standard InChI is InChI=1S/C29H30N2O6/c1-20-4-2-5-21(18-20)19-37-23-9-7-22(8-10-23)27(32)25-26(24-6-3-15-36-24)31(29(34)28(25)33)12-11-30-13-16-35-17-14-30/h2-10,15,18,26,32H,11-14,16-17,19H2,1H3/b27-25-. The summed E-state index contributed by atoms with van der Waals surface area (Å²) < 4.78 is 16.9. The molecule has 0 bridgehead atoms. The number of benzene rings is 2. The molecule has 2 aromatic carbocycles. The Bertz CT molecular complexity index is 1280. The van der Waals surface area contributed by atoms with Gasteiger partial charge in [-0.15, -0.1) is 0 Å². The van der Waals surface area contributed by atoms with Gasteiger partial charge in [-0.05, 0) is 48.9 Å². The zero-order valence-electron chi connectivity index (χ0n) is 20.8. The number of Topliss-reactive ketones (excluding diaryl/α,β-unsaturated/α-hetero) is 1. The molecule has 2 fully saturated rings. The summed E-state index contributed by atoms with van der Waals surface area (Å²) in [6.07, 6.45) is 1.50. The second-order valence-electron chi connectivity index (χ2n) is 9.26. The number of aryl methyl sites for hydroxylation is 1. The van der Waals surface area contributed by atoms with Gasteiger partial charge >= 0.3 is 0 Å². The Kier molecular flexibility index (Phi) is 7.39. The molecule has 3 heterocycles. The van der Waals surface area contributed by atoms with Gasteiger partial charge in [0.1, 0.15) is 29.9 Å². The number of aliphatic hydroxyl groups excluding tert-OH is 1. The molecule has 2 aliphatic rings. The second kappa shape index (κ2) is 11.0. The number of furan rings is 1. The van der Waals surface area contributed by atoms with Crippen LogP contribution in [0.15, 0.2) is 76.9 Å². The number of morpholine rings is 1. The molecule has 1 unspecified atom stereocenters. The lowest BCUT2D eigenvalue weighted by Gasteiger charge is -2.30. The molecule has 192 valence electrons. The fourth-order valence-corrected chi connectivity index (χ4v) is 4.76. The SMILES string of the molecule is Cc1cccc(COc2ccc(/C(O)=C3/C(=O)C(=O)N(CCN4CCOCC4)C3c3ccco3)cc2)c1. The van der Waals surface area contributed by atoms with Crippen molar-refractivity contribution in [3.05, 3.63) is 95.0 Å². The minimum atomic E-state index is -0.798. The molecule has 0 spiro atoms. The monoisotopic (exact) mass is 502 g/mol. The Morgan fingerprint density at radius 2 is 1.81 bits per heavy atom. The van der Waals surface area contributed by atoms with Crippen LogP contribution < -0.4 is 4.74 Å². The van der Waals surface area contributed by atoms with Gasteiger partial charge in [0.15, 0.2) is 0 Å². The van der Waals surface area contributed by atoms with Crippen LogP contribution in [0.1, 0.15) is 28.5 Å². The van der Waals surface area contributed by atoms with E-state index in [0.717, 1.165) is 24.2 Å². The molecule has 0 radical (unpaired) electrons.